The molecule has 0 spiro atoms. The predicted octanol–water partition coefficient (Wildman–Crippen LogP) is 2.72. The second-order valence-corrected chi connectivity index (χ2v) is 4.06. The summed E-state index contributed by atoms with van der Waals surface area (Å²) in [5, 5.41) is 9.38. The topological polar surface area (TPSA) is 46.2 Å². The number of nitrogens with two attached hydrogens (primary N) is 1. The van der Waals surface area contributed by atoms with Crippen LogP contribution in [0.3, 0.4) is 0 Å². The summed E-state index contributed by atoms with van der Waals surface area (Å²) in [5.41, 5.74) is 5.87. The van der Waals surface area contributed by atoms with E-state index in [9.17, 15) is 13.9 Å². The minimum absolute atomic E-state index is 0.126. The summed E-state index contributed by atoms with van der Waals surface area (Å²) in [5.74, 6) is -1.95. The maximum Gasteiger partial charge on any atom is 0.168 e. The Morgan fingerprint density at radius 3 is 2.47 bits per heavy atom. The summed E-state index contributed by atoms with van der Waals surface area (Å²) >= 11 is 0. The Balaban J connectivity index is 3.02. The van der Waals surface area contributed by atoms with Crippen LogP contribution in [0.15, 0.2) is 12.1 Å². The fourth-order valence-corrected chi connectivity index (χ4v) is 1.50. The van der Waals surface area contributed by atoms with Crippen LogP contribution >= 0.6 is 0 Å². The highest BCUT2D eigenvalue weighted by atomic mass is 19.1. The quantitative estimate of drug-likeness (QED) is 0.814. The van der Waals surface area contributed by atoms with Crippen LogP contribution in [0.4, 0.5) is 8.78 Å². The molecule has 2 nitrogen and oxygen atoms in total. The lowest BCUT2D eigenvalue weighted by atomic mass is 9.97. The molecule has 15 heavy (non-hydrogen) atoms. The summed E-state index contributed by atoms with van der Waals surface area (Å²) in [7, 11) is 0. The molecule has 1 aromatic rings. The molecule has 1 rings (SSSR count). The summed E-state index contributed by atoms with van der Waals surface area (Å²) in [4.78, 5) is 0. The van der Waals surface area contributed by atoms with Gasteiger partial charge in [-0.1, -0.05) is 13.8 Å². The fraction of sp³-hybridized carbons (Fsp3) is 0.455. The molecular weight excluding hydrogens is 200 g/mol. The van der Waals surface area contributed by atoms with Crippen LogP contribution in [0.5, 0.6) is 5.75 Å². The monoisotopic (exact) mass is 215 g/mol. The van der Waals surface area contributed by atoms with Crippen molar-refractivity contribution in [1.29, 1.82) is 0 Å². The zero-order chi connectivity index (χ0) is 11.6. The van der Waals surface area contributed by atoms with Gasteiger partial charge in [-0.25, -0.2) is 8.78 Å². The minimum atomic E-state index is -0.968. The Hall–Kier alpha value is -1.16. The number of phenolic OH excluding ortho intramolecular Hbond substituents is 1. The Bertz CT molecular complexity index is 353. The van der Waals surface area contributed by atoms with Crippen molar-refractivity contribution in [3.05, 3.63) is 29.3 Å². The van der Waals surface area contributed by atoms with Crippen LogP contribution in [0.1, 0.15) is 31.9 Å². The van der Waals surface area contributed by atoms with Crippen molar-refractivity contribution in [1.82, 2.24) is 0 Å². The van der Waals surface area contributed by atoms with Gasteiger partial charge in [-0.15, -0.1) is 0 Å². The molecular formula is C11H15F2NO. The molecule has 0 fully saturated rings. The second-order valence-electron chi connectivity index (χ2n) is 4.06. The molecule has 0 aliphatic carbocycles. The molecule has 0 heterocycles. The number of hydrogen-bond donors (Lipinski definition) is 2. The third-order valence-electron chi connectivity index (χ3n) is 2.18. The smallest absolute Gasteiger partial charge is 0.168 e. The molecule has 0 bridgehead atoms. The Morgan fingerprint density at radius 2 is 1.93 bits per heavy atom. The van der Waals surface area contributed by atoms with Crippen molar-refractivity contribution < 1.29 is 13.9 Å². The average molecular weight is 215 g/mol. The molecule has 0 aliphatic heterocycles. The number of phenols is 1. The van der Waals surface area contributed by atoms with Crippen LogP contribution in [-0.4, -0.2) is 5.11 Å². The lowest BCUT2D eigenvalue weighted by Gasteiger charge is -2.16. The van der Waals surface area contributed by atoms with Crippen molar-refractivity contribution >= 4 is 0 Å². The minimum Gasteiger partial charge on any atom is -0.505 e. The Labute approximate surface area is 87.7 Å². The van der Waals surface area contributed by atoms with Crippen LogP contribution in [0.2, 0.25) is 0 Å². The average Bonchev–Trinajstić information content (AvgIpc) is 2.09. The van der Waals surface area contributed by atoms with Gasteiger partial charge in [0.2, 0.25) is 0 Å². The van der Waals surface area contributed by atoms with Gasteiger partial charge in [0.25, 0.3) is 0 Å². The van der Waals surface area contributed by atoms with E-state index in [-0.39, 0.29) is 5.56 Å². The van der Waals surface area contributed by atoms with E-state index in [1.54, 1.807) is 0 Å². The summed E-state index contributed by atoms with van der Waals surface area (Å²) in [6.07, 6.45) is 0.566. The summed E-state index contributed by atoms with van der Waals surface area (Å²) in [6, 6.07) is 1.17. The van der Waals surface area contributed by atoms with E-state index in [2.05, 4.69) is 0 Å². The first kappa shape index (κ1) is 11.9. The molecule has 4 heteroatoms. The fourth-order valence-electron chi connectivity index (χ4n) is 1.50. The Kier molecular flexibility index (Phi) is 3.63. The highest BCUT2D eigenvalue weighted by Gasteiger charge is 2.17. The number of benzene rings is 1. The molecule has 3 N–H and O–H groups in total. The summed E-state index contributed by atoms with van der Waals surface area (Å²) in [6.45, 7) is 3.90. The standard InChI is InChI=1S/C11H15F2NO/c1-6(2)3-10(14)8-4-7(12)5-9(13)11(8)15/h4-6,10,15H,3,14H2,1-2H3. The van der Waals surface area contributed by atoms with Crippen LogP contribution in [0.25, 0.3) is 0 Å². The van der Waals surface area contributed by atoms with Crippen molar-refractivity contribution in [3.8, 4) is 5.75 Å². The molecule has 1 atom stereocenters. The van der Waals surface area contributed by atoms with E-state index in [1.165, 1.54) is 0 Å². The van der Waals surface area contributed by atoms with Gasteiger partial charge in [-0.3, -0.25) is 0 Å². The zero-order valence-corrected chi connectivity index (χ0v) is 8.80. The van der Waals surface area contributed by atoms with Crippen LogP contribution < -0.4 is 5.73 Å². The first-order valence-electron chi connectivity index (χ1n) is 4.85. The maximum absolute atomic E-state index is 13.0. The molecule has 0 aromatic heterocycles. The van der Waals surface area contributed by atoms with Crippen molar-refractivity contribution in [2.75, 3.05) is 0 Å². The normalized spacial score (nSPS) is 13.2. The molecule has 0 amide bonds. The van der Waals surface area contributed by atoms with Gasteiger partial charge in [-0.2, -0.15) is 0 Å². The van der Waals surface area contributed by atoms with Gasteiger partial charge in [0.15, 0.2) is 11.6 Å². The lowest BCUT2D eigenvalue weighted by molar-refractivity contribution is 0.406. The van der Waals surface area contributed by atoms with E-state index < -0.39 is 23.4 Å². The van der Waals surface area contributed by atoms with E-state index in [0.717, 1.165) is 6.07 Å². The van der Waals surface area contributed by atoms with Crippen LogP contribution in [0, 0.1) is 17.6 Å². The molecule has 84 valence electrons. The van der Waals surface area contributed by atoms with E-state index in [0.29, 0.717) is 18.4 Å². The molecule has 1 aromatic carbocycles. The largest absolute Gasteiger partial charge is 0.505 e. The van der Waals surface area contributed by atoms with Gasteiger partial charge in [0.1, 0.15) is 5.82 Å². The Morgan fingerprint density at radius 1 is 1.33 bits per heavy atom. The van der Waals surface area contributed by atoms with Crippen molar-refractivity contribution in [3.63, 3.8) is 0 Å². The molecule has 1 unspecified atom stereocenters. The zero-order valence-electron chi connectivity index (χ0n) is 8.80. The van der Waals surface area contributed by atoms with Gasteiger partial charge < -0.3 is 10.8 Å². The first-order chi connectivity index (χ1) is 6.91. The number of rotatable bonds is 3. The SMILES string of the molecule is CC(C)CC(N)c1cc(F)cc(F)c1O. The van der Waals surface area contributed by atoms with Gasteiger partial charge >= 0.3 is 0 Å². The van der Waals surface area contributed by atoms with Crippen molar-refractivity contribution in [2.24, 2.45) is 11.7 Å². The summed E-state index contributed by atoms with van der Waals surface area (Å²) < 4.78 is 25.9. The maximum atomic E-state index is 13.0. The second kappa shape index (κ2) is 4.57. The first-order valence-corrected chi connectivity index (χ1v) is 4.85. The molecule has 0 aliphatic rings. The molecule has 0 radical (unpaired) electrons. The van der Waals surface area contributed by atoms with Gasteiger partial charge in [0.05, 0.1) is 0 Å². The number of aromatic hydroxyl groups is 1. The van der Waals surface area contributed by atoms with E-state index >= 15 is 0 Å². The van der Waals surface area contributed by atoms with Crippen LogP contribution in [-0.2, 0) is 0 Å². The van der Waals surface area contributed by atoms with Crippen molar-refractivity contribution in [2.45, 2.75) is 26.3 Å². The predicted molar refractivity (Wildman–Crippen MR) is 54.4 cm³/mol. The van der Waals surface area contributed by atoms with E-state index in [4.69, 9.17) is 5.73 Å². The lowest BCUT2D eigenvalue weighted by Crippen LogP contribution is -2.13. The molecule has 0 saturated heterocycles. The highest BCUT2D eigenvalue weighted by molar-refractivity contribution is 5.36. The number of hydrogen-bond acceptors (Lipinski definition) is 2. The van der Waals surface area contributed by atoms with E-state index in [1.807, 2.05) is 13.8 Å². The highest BCUT2D eigenvalue weighted by Crippen LogP contribution is 2.30. The third kappa shape index (κ3) is 2.89. The third-order valence-corrected chi connectivity index (χ3v) is 2.18. The van der Waals surface area contributed by atoms with Gasteiger partial charge in [0, 0.05) is 17.7 Å². The van der Waals surface area contributed by atoms with Gasteiger partial charge in [-0.05, 0) is 18.4 Å². The number of halogens is 2. The molecule has 0 saturated carbocycles.